The highest BCUT2D eigenvalue weighted by Crippen LogP contribution is 2.32. The third-order valence-corrected chi connectivity index (χ3v) is 4.05. The van der Waals surface area contributed by atoms with Gasteiger partial charge in [-0.2, -0.15) is 0 Å². The minimum absolute atomic E-state index is 0.0678. The number of hydrogen-bond donors (Lipinski definition) is 1. The lowest BCUT2D eigenvalue weighted by Gasteiger charge is -2.39. The van der Waals surface area contributed by atoms with Gasteiger partial charge in [0.2, 0.25) is 0 Å². The van der Waals surface area contributed by atoms with E-state index in [-0.39, 0.29) is 16.7 Å². The molecule has 0 aromatic heterocycles. The molecule has 1 aliphatic heterocycles. The predicted molar refractivity (Wildman–Crippen MR) is 79.4 cm³/mol. The summed E-state index contributed by atoms with van der Waals surface area (Å²) in [6.45, 7) is 6.78. The maximum absolute atomic E-state index is 11.2. The van der Waals surface area contributed by atoms with Crippen molar-refractivity contribution in [2.45, 2.75) is 26.3 Å². The highest BCUT2D eigenvalue weighted by molar-refractivity contribution is 5.42. The molecule has 20 heavy (non-hydrogen) atoms. The lowest BCUT2D eigenvalue weighted by molar-refractivity contribution is -0.386. The molecule has 0 aliphatic carbocycles. The first kappa shape index (κ1) is 14.9. The Kier molecular flexibility index (Phi) is 4.73. The normalized spacial score (nSPS) is 25.4. The Morgan fingerprint density at radius 2 is 1.95 bits per heavy atom. The Bertz CT molecular complexity index is 468. The van der Waals surface area contributed by atoms with E-state index in [4.69, 9.17) is 5.73 Å². The molecule has 0 spiro atoms. The fourth-order valence-corrected chi connectivity index (χ4v) is 3.37. The first-order valence-corrected chi connectivity index (χ1v) is 7.20. The van der Waals surface area contributed by atoms with Gasteiger partial charge in [-0.1, -0.05) is 32.0 Å². The second-order valence-electron chi connectivity index (χ2n) is 5.97. The number of rotatable bonds is 4. The third-order valence-electron chi connectivity index (χ3n) is 4.05. The number of nitro benzene ring substituents is 1. The van der Waals surface area contributed by atoms with Gasteiger partial charge in [-0.3, -0.25) is 15.0 Å². The third kappa shape index (κ3) is 3.16. The fraction of sp³-hybridized carbons (Fsp3) is 0.600. The zero-order valence-corrected chi connectivity index (χ0v) is 12.2. The number of benzene rings is 1. The van der Waals surface area contributed by atoms with Crippen LogP contribution in [0.3, 0.4) is 0 Å². The summed E-state index contributed by atoms with van der Waals surface area (Å²) in [5.74, 6) is 1.21. The van der Waals surface area contributed by atoms with Crippen LogP contribution in [0.25, 0.3) is 0 Å². The zero-order valence-electron chi connectivity index (χ0n) is 12.2. The van der Waals surface area contributed by atoms with Crippen molar-refractivity contribution >= 4 is 5.69 Å². The summed E-state index contributed by atoms with van der Waals surface area (Å²) < 4.78 is 0. The molecule has 0 amide bonds. The van der Waals surface area contributed by atoms with Gasteiger partial charge in [-0.25, -0.2) is 0 Å². The standard InChI is InChI=1S/C15H23N3O2/c1-11-7-12(2)10-17(9-11)15(8-16)13-5-3-4-6-14(13)18(19)20/h3-6,11-12,15H,7-10,16H2,1-2H3. The van der Waals surface area contributed by atoms with E-state index in [9.17, 15) is 10.1 Å². The van der Waals surface area contributed by atoms with Crippen molar-refractivity contribution in [3.63, 3.8) is 0 Å². The molecule has 5 nitrogen and oxygen atoms in total. The van der Waals surface area contributed by atoms with Gasteiger partial charge in [-0.05, 0) is 18.3 Å². The second-order valence-corrected chi connectivity index (χ2v) is 5.97. The van der Waals surface area contributed by atoms with E-state index in [0.29, 0.717) is 18.4 Å². The van der Waals surface area contributed by atoms with Crippen LogP contribution < -0.4 is 5.73 Å². The number of likely N-dealkylation sites (tertiary alicyclic amines) is 1. The van der Waals surface area contributed by atoms with E-state index < -0.39 is 0 Å². The van der Waals surface area contributed by atoms with Crippen LogP contribution in [0.4, 0.5) is 5.69 Å². The van der Waals surface area contributed by atoms with Crippen LogP contribution in [0, 0.1) is 22.0 Å². The van der Waals surface area contributed by atoms with E-state index in [1.54, 1.807) is 12.1 Å². The monoisotopic (exact) mass is 277 g/mol. The molecule has 3 atom stereocenters. The lowest BCUT2D eigenvalue weighted by Crippen LogP contribution is -2.43. The summed E-state index contributed by atoms with van der Waals surface area (Å²) in [5.41, 5.74) is 6.84. The minimum atomic E-state index is -0.311. The van der Waals surface area contributed by atoms with E-state index in [1.165, 1.54) is 6.42 Å². The van der Waals surface area contributed by atoms with Crippen molar-refractivity contribution in [3.8, 4) is 0 Å². The minimum Gasteiger partial charge on any atom is -0.329 e. The summed E-state index contributed by atoms with van der Waals surface area (Å²) in [6.07, 6.45) is 1.21. The quantitative estimate of drug-likeness (QED) is 0.678. The molecule has 2 N–H and O–H groups in total. The van der Waals surface area contributed by atoms with Crippen LogP contribution in [0.15, 0.2) is 24.3 Å². The molecule has 3 unspecified atom stereocenters. The summed E-state index contributed by atoms with van der Waals surface area (Å²) in [4.78, 5) is 13.2. The molecule has 1 saturated heterocycles. The van der Waals surface area contributed by atoms with Crippen molar-refractivity contribution in [2.75, 3.05) is 19.6 Å². The maximum Gasteiger partial charge on any atom is 0.274 e. The van der Waals surface area contributed by atoms with Gasteiger partial charge in [0.1, 0.15) is 0 Å². The Balaban J connectivity index is 2.30. The highest BCUT2D eigenvalue weighted by atomic mass is 16.6. The Labute approximate surface area is 119 Å². The molecule has 1 heterocycles. The van der Waals surface area contributed by atoms with Crippen molar-refractivity contribution in [2.24, 2.45) is 17.6 Å². The summed E-state index contributed by atoms with van der Waals surface area (Å²) in [5, 5.41) is 11.2. The van der Waals surface area contributed by atoms with Crippen molar-refractivity contribution < 1.29 is 4.92 Å². The number of nitrogens with zero attached hydrogens (tertiary/aromatic N) is 2. The Morgan fingerprint density at radius 1 is 1.35 bits per heavy atom. The molecule has 0 bridgehead atoms. The largest absolute Gasteiger partial charge is 0.329 e. The smallest absolute Gasteiger partial charge is 0.274 e. The molecule has 5 heteroatoms. The van der Waals surface area contributed by atoms with Gasteiger partial charge in [0, 0.05) is 31.3 Å². The molecular formula is C15H23N3O2. The number of hydrogen-bond acceptors (Lipinski definition) is 4. The topological polar surface area (TPSA) is 72.4 Å². The molecule has 0 saturated carbocycles. The van der Waals surface area contributed by atoms with Gasteiger partial charge >= 0.3 is 0 Å². The Morgan fingerprint density at radius 3 is 2.50 bits per heavy atom. The van der Waals surface area contributed by atoms with Gasteiger partial charge in [0.15, 0.2) is 0 Å². The van der Waals surface area contributed by atoms with E-state index in [2.05, 4.69) is 18.7 Å². The maximum atomic E-state index is 11.2. The molecular weight excluding hydrogens is 254 g/mol. The SMILES string of the molecule is CC1CC(C)CN(C(CN)c2ccccc2[N+](=O)[O-])C1. The van der Waals surface area contributed by atoms with Gasteiger partial charge in [0.25, 0.3) is 5.69 Å². The second kappa shape index (κ2) is 6.33. The summed E-state index contributed by atoms with van der Waals surface area (Å²) in [6, 6.07) is 6.88. The molecule has 1 aromatic carbocycles. The van der Waals surface area contributed by atoms with E-state index in [0.717, 1.165) is 18.7 Å². The van der Waals surface area contributed by atoms with Crippen molar-refractivity contribution in [3.05, 3.63) is 39.9 Å². The molecule has 1 aromatic rings. The van der Waals surface area contributed by atoms with Gasteiger partial charge in [0.05, 0.1) is 11.0 Å². The van der Waals surface area contributed by atoms with Crippen LogP contribution >= 0.6 is 0 Å². The van der Waals surface area contributed by atoms with Crippen LogP contribution in [0.2, 0.25) is 0 Å². The van der Waals surface area contributed by atoms with Crippen LogP contribution in [0.5, 0.6) is 0 Å². The highest BCUT2D eigenvalue weighted by Gasteiger charge is 2.30. The number of nitrogens with two attached hydrogens (primary N) is 1. The summed E-state index contributed by atoms with van der Waals surface area (Å²) in [7, 11) is 0. The number of para-hydroxylation sites is 1. The average molecular weight is 277 g/mol. The van der Waals surface area contributed by atoms with Crippen molar-refractivity contribution in [1.82, 2.24) is 4.90 Å². The van der Waals surface area contributed by atoms with E-state index >= 15 is 0 Å². The van der Waals surface area contributed by atoms with Crippen LogP contribution in [-0.4, -0.2) is 29.5 Å². The van der Waals surface area contributed by atoms with Gasteiger partial charge in [-0.15, -0.1) is 0 Å². The van der Waals surface area contributed by atoms with Gasteiger partial charge < -0.3 is 5.73 Å². The van der Waals surface area contributed by atoms with Crippen molar-refractivity contribution in [1.29, 1.82) is 0 Å². The predicted octanol–water partition coefficient (Wildman–Crippen LogP) is 2.57. The summed E-state index contributed by atoms with van der Waals surface area (Å²) >= 11 is 0. The molecule has 1 fully saturated rings. The molecule has 2 rings (SSSR count). The van der Waals surface area contributed by atoms with E-state index in [1.807, 2.05) is 12.1 Å². The Hall–Kier alpha value is -1.46. The molecule has 0 radical (unpaired) electrons. The van der Waals surface area contributed by atoms with Crippen LogP contribution in [0.1, 0.15) is 31.9 Å². The first-order valence-electron chi connectivity index (χ1n) is 7.20. The lowest BCUT2D eigenvalue weighted by atomic mass is 9.89. The average Bonchev–Trinajstić information content (AvgIpc) is 2.39. The number of nitro groups is 1. The first-order chi connectivity index (χ1) is 9.52. The fourth-order valence-electron chi connectivity index (χ4n) is 3.37. The zero-order chi connectivity index (χ0) is 14.7. The molecule has 1 aliphatic rings. The molecule has 110 valence electrons. The van der Waals surface area contributed by atoms with Crippen LogP contribution in [-0.2, 0) is 0 Å². The number of piperidine rings is 1.